The molecule has 1 aliphatic heterocycles. The number of nitrogens with zero attached hydrogens (tertiary/aromatic N) is 3. The maximum atomic E-state index is 3.44. The smallest absolute Gasteiger partial charge is 0.0259 e. The van der Waals surface area contributed by atoms with Crippen molar-refractivity contribution >= 4 is 0 Å². The second-order valence-corrected chi connectivity index (χ2v) is 4.00. The zero-order valence-corrected chi connectivity index (χ0v) is 9.08. The van der Waals surface area contributed by atoms with Crippen LogP contribution in [0.25, 0.3) is 0 Å². The fourth-order valence-corrected chi connectivity index (χ4v) is 1.40. The first kappa shape index (κ1) is 10.9. The Morgan fingerprint density at radius 3 is 2.31 bits per heavy atom. The van der Waals surface area contributed by atoms with Crippen LogP contribution in [0.15, 0.2) is 0 Å². The van der Waals surface area contributed by atoms with Gasteiger partial charge in [0.1, 0.15) is 0 Å². The maximum Gasteiger partial charge on any atom is 0.0259 e. The molecule has 1 heterocycles. The first-order valence-electron chi connectivity index (χ1n) is 5.00. The number of rotatable bonds is 4. The highest BCUT2D eigenvalue weighted by atomic mass is 15.5. The molecule has 0 bridgehead atoms. The van der Waals surface area contributed by atoms with E-state index >= 15 is 0 Å². The molecule has 0 atom stereocenters. The largest absolute Gasteiger partial charge is 0.308 e. The monoisotopic (exact) mass is 186 g/mol. The van der Waals surface area contributed by atoms with Crippen LogP contribution < -0.4 is 5.43 Å². The number of hydrazine groups is 1. The Bertz CT molecular complexity index is 130. The predicted molar refractivity (Wildman–Crippen MR) is 55.6 cm³/mol. The van der Waals surface area contributed by atoms with Gasteiger partial charge < -0.3 is 9.80 Å². The summed E-state index contributed by atoms with van der Waals surface area (Å²) in [4.78, 5) is 4.56. The van der Waals surface area contributed by atoms with E-state index in [4.69, 9.17) is 0 Å². The van der Waals surface area contributed by atoms with Gasteiger partial charge in [0.05, 0.1) is 0 Å². The Labute approximate surface area is 81.5 Å². The topological polar surface area (TPSA) is 21.8 Å². The molecule has 13 heavy (non-hydrogen) atoms. The zero-order chi connectivity index (χ0) is 9.68. The van der Waals surface area contributed by atoms with Gasteiger partial charge in [-0.3, -0.25) is 5.43 Å². The van der Waals surface area contributed by atoms with Crippen molar-refractivity contribution in [3.63, 3.8) is 0 Å². The van der Waals surface area contributed by atoms with Crippen molar-refractivity contribution in [2.45, 2.75) is 0 Å². The Hall–Kier alpha value is -0.160. The number of likely N-dealkylation sites (N-methyl/N-ethyl adjacent to an activating group) is 2. The normalized spacial score (nSPS) is 21.2. The third-order valence-corrected chi connectivity index (χ3v) is 2.40. The van der Waals surface area contributed by atoms with Gasteiger partial charge in [0.2, 0.25) is 0 Å². The van der Waals surface area contributed by atoms with Gasteiger partial charge in [-0.05, 0) is 21.1 Å². The molecule has 0 aromatic rings. The Balaban J connectivity index is 2.02. The first-order valence-corrected chi connectivity index (χ1v) is 5.00. The van der Waals surface area contributed by atoms with E-state index in [-0.39, 0.29) is 0 Å². The minimum Gasteiger partial charge on any atom is -0.308 e. The number of hydrogen-bond acceptors (Lipinski definition) is 4. The van der Waals surface area contributed by atoms with Gasteiger partial charge in [-0.15, -0.1) is 0 Å². The molecule has 0 aromatic heterocycles. The summed E-state index contributed by atoms with van der Waals surface area (Å²) in [7, 11) is 6.38. The van der Waals surface area contributed by atoms with Gasteiger partial charge in [0.25, 0.3) is 0 Å². The van der Waals surface area contributed by atoms with Crippen molar-refractivity contribution in [1.29, 1.82) is 0 Å². The van der Waals surface area contributed by atoms with Crippen LogP contribution in [0.5, 0.6) is 0 Å². The Morgan fingerprint density at radius 2 is 1.77 bits per heavy atom. The van der Waals surface area contributed by atoms with E-state index in [1.54, 1.807) is 0 Å². The molecule has 4 heteroatoms. The van der Waals surface area contributed by atoms with Crippen LogP contribution in [0.2, 0.25) is 0 Å². The van der Waals surface area contributed by atoms with E-state index in [1.165, 1.54) is 13.1 Å². The molecule has 1 fully saturated rings. The minimum absolute atomic E-state index is 1.05. The van der Waals surface area contributed by atoms with E-state index in [9.17, 15) is 0 Å². The molecule has 78 valence electrons. The van der Waals surface area contributed by atoms with Gasteiger partial charge in [-0.25, -0.2) is 5.01 Å². The van der Waals surface area contributed by atoms with E-state index in [0.717, 1.165) is 26.2 Å². The van der Waals surface area contributed by atoms with Crippen LogP contribution >= 0.6 is 0 Å². The summed E-state index contributed by atoms with van der Waals surface area (Å²) in [5.41, 5.74) is 3.44. The average molecular weight is 186 g/mol. The molecule has 1 aliphatic rings. The summed E-state index contributed by atoms with van der Waals surface area (Å²) in [6.45, 7) is 6.79. The number of piperazine rings is 1. The van der Waals surface area contributed by atoms with Crippen LogP contribution in [-0.2, 0) is 0 Å². The Morgan fingerprint density at radius 1 is 1.15 bits per heavy atom. The lowest BCUT2D eigenvalue weighted by Gasteiger charge is -2.32. The summed E-state index contributed by atoms with van der Waals surface area (Å²) >= 11 is 0. The highest BCUT2D eigenvalue weighted by Crippen LogP contribution is 1.94. The van der Waals surface area contributed by atoms with Gasteiger partial charge >= 0.3 is 0 Å². The van der Waals surface area contributed by atoms with E-state index in [1.807, 2.05) is 0 Å². The van der Waals surface area contributed by atoms with Crippen molar-refractivity contribution in [2.75, 3.05) is 60.4 Å². The lowest BCUT2D eigenvalue weighted by molar-refractivity contribution is 0.102. The summed E-state index contributed by atoms with van der Waals surface area (Å²) in [5, 5.41) is 2.32. The average Bonchev–Trinajstić information content (AvgIpc) is 2.08. The lowest BCUT2D eigenvalue weighted by atomic mass is 10.4. The first-order chi connectivity index (χ1) is 6.18. The molecule has 1 saturated heterocycles. The van der Waals surface area contributed by atoms with Crippen LogP contribution in [0, 0.1) is 0 Å². The summed E-state index contributed by atoms with van der Waals surface area (Å²) in [6.07, 6.45) is 0. The molecular formula is C9H22N4. The van der Waals surface area contributed by atoms with Crippen LogP contribution in [0.1, 0.15) is 0 Å². The summed E-state index contributed by atoms with van der Waals surface area (Å²) < 4.78 is 0. The van der Waals surface area contributed by atoms with Crippen molar-refractivity contribution in [2.24, 2.45) is 0 Å². The SMILES string of the molecule is CN(C)CCNN1CCN(C)CC1. The molecule has 1 N–H and O–H groups in total. The zero-order valence-electron chi connectivity index (χ0n) is 9.08. The fraction of sp³-hybridized carbons (Fsp3) is 1.00. The van der Waals surface area contributed by atoms with E-state index in [0.29, 0.717) is 0 Å². The highest BCUT2D eigenvalue weighted by molar-refractivity contribution is 4.66. The summed E-state index contributed by atoms with van der Waals surface area (Å²) in [5.74, 6) is 0. The quantitative estimate of drug-likeness (QED) is 0.627. The molecule has 0 aromatic carbocycles. The van der Waals surface area contributed by atoms with Gasteiger partial charge in [-0.1, -0.05) is 0 Å². The standard InChI is InChI=1S/C9H22N4/c1-11(2)5-4-10-13-8-6-12(3)7-9-13/h10H,4-9H2,1-3H3. The summed E-state index contributed by atoms with van der Waals surface area (Å²) in [6, 6.07) is 0. The molecule has 0 aliphatic carbocycles. The molecule has 1 rings (SSSR count). The number of hydrogen-bond donors (Lipinski definition) is 1. The highest BCUT2D eigenvalue weighted by Gasteiger charge is 2.12. The van der Waals surface area contributed by atoms with Crippen LogP contribution in [0.4, 0.5) is 0 Å². The van der Waals surface area contributed by atoms with Crippen molar-refractivity contribution in [3.05, 3.63) is 0 Å². The molecule has 0 spiro atoms. The van der Waals surface area contributed by atoms with Crippen LogP contribution in [0.3, 0.4) is 0 Å². The van der Waals surface area contributed by atoms with Gasteiger partial charge in [0.15, 0.2) is 0 Å². The fourth-order valence-electron chi connectivity index (χ4n) is 1.40. The van der Waals surface area contributed by atoms with Gasteiger partial charge in [0, 0.05) is 39.3 Å². The predicted octanol–water partition coefficient (Wildman–Crippen LogP) is -0.700. The Kier molecular flexibility index (Phi) is 4.66. The second-order valence-electron chi connectivity index (χ2n) is 4.00. The third kappa shape index (κ3) is 4.57. The molecular weight excluding hydrogens is 164 g/mol. The van der Waals surface area contributed by atoms with Crippen molar-refractivity contribution in [3.8, 4) is 0 Å². The third-order valence-electron chi connectivity index (χ3n) is 2.40. The van der Waals surface area contributed by atoms with E-state index < -0.39 is 0 Å². The molecule has 0 radical (unpaired) electrons. The number of nitrogens with one attached hydrogen (secondary N) is 1. The molecule has 0 amide bonds. The van der Waals surface area contributed by atoms with Gasteiger partial charge in [-0.2, -0.15) is 0 Å². The lowest BCUT2D eigenvalue weighted by Crippen LogP contribution is -2.51. The molecule has 0 saturated carbocycles. The molecule has 4 nitrogen and oxygen atoms in total. The maximum absolute atomic E-state index is 3.44. The van der Waals surface area contributed by atoms with E-state index in [2.05, 4.69) is 41.4 Å². The minimum atomic E-state index is 1.05. The molecule has 0 unspecified atom stereocenters. The van der Waals surface area contributed by atoms with Crippen molar-refractivity contribution in [1.82, 2.24) is 20.2 Å². The van der Waals surface area contributed by atoms with Crippen LogP contribution in [-0.4, -0.2) is 75.2 Å². The second kappa shape index (κ2) is 5.54. The van der Waals surface area contributed by atoms with Crippen molar-refractivity contribution < 1.29 is 0 Å².